The number of nitrogens with two attached hydrogens (primary N) is 1. The number of amides is 1. The minimum Gasteiger partial charge on any atom is -0.383 e. The third-order valence-corrected chi connectivity index (χ3v) is 6.32. The number of nitrogens with one attached hydrogen (secondary N) is 1. The SMILES string of the molecule is CCCN(C(=O)CSc1nnc2nc(C)cc(C)n12)c1c(N)n(Cc2ccccc2)c(=O)[nH]c1=O. The summed E-state index contributed by atoms with van der Waals surface area (Å²) in [6.45, 7) is 6.10. The van der Waals surface area contributed by atoms with Gasteiger partial charge in [0, 0.05) is 17.9 Å². The Bertz CT molecular complexity index is 1490. The summed E-state index contributed by atoms with van der Waals surface area (Å²) in [4.78, 5) is 46.6. The van der Waals surface area contributed by atoms with Crippen molar-refractivity contribution < 1.29 is 4.79 Å². The van der Waals surface area contributed by atoms with Gasteiger partial charge in [-0.2, -0.15) is 0 Å². The summed E-state index contributed by atoms with van der Waals surface area (Å²) in [6.07, 6.45) is 0.587. The van der Waals surface area contributed by atoms with E-state index in [1.807, 2.05) is 57.2 Å². The number of aromatic nitrogens is 6. The highest BCUT2D eigenvalue weighted by atomic mass is 32.2. The smallest absolute Gasteiger partial charge is 0.330 e. The van der Waals surface area contributed by atoms with Gasteiger partial charge < -0.3 is 10.6 Å². The van der Waals surface area contributed by atoms with E-state index in [0.29, 0.717) is 17.4 Å². The third-order valence-electron chi connectivity index (χ3n) is 5.40. The molecule has 0 saturated carbocycles. The molecule has 0 radical (unpaired) electrons. The molecule has 3 N–H and O–H groups in total. The van der Waals surface area contributed by atoms with Crippen LogP contribution in [0.5, 0.6) is 0 Å². The van der Waals surface area contributed by atoms with Crippen LogP contribution in [0.4, 0.5) is 11.5 Å². The van der Waals surface area contributed by atoms with E-state index in [4.69, 9.17) is 5.73 Å². The maximum absolute atomic E-state index is 13.3. The van der Waals surface area contributed by atoms with Gasteiger partial charge in [0.2, 0.25) is 5.91 Å². The summed E-state index contributed by atoms with van der Waals surface area (Å²) in [7, 11) is 0. The lowest BCUT2D eigenvalue weighted by Gasteiger charge is -2.24. The lowest BCUT2D eigenvalue weighted by atomic mass is 10.2. The highest BCUT2D eigenvalue weighted by molar-refractivity contribution is 7.99. The van der Waals surface area contributed by atoms with Gasteiger partial charge in [-0.15, -0.1) is 10.2 Å². The summed E-state index contributed by atoms with van der Waals surface area (Å²) in [6, 6.07) is 11.2. The molecule has 182 valence electrons. The number of carbonyl (C=O) groups excluding carboxylic acids is 1. The van der Waals surface area contributed by atoms with E-state index in [9.17, 15) is 14.4 Å². The summed E-state index contributed by atoms with van der Waals surface area (Å²) in [5.41, 5.74) is 7.49. The lowest BCUT2D eigenvalue weighted by molar-refractivity contribution is -0.116. The number of benzene rings is 1. The van der Waals surface area contributed by atoms with Crippen molar-refractivity contribution in [3.63, 3.8) is 0 Å². The van der Waals surface area contributed by atoms with Gasteiger partial charge in [-0.05, 0) is 31.9 Å². The van der Waals surface area contributed by atoms with Crippen LogP contribution < -0.4 is 21.9 Å². The minimum atomic E-state index is -0.702. The number of fused-ring (bicyclic) bond motifs is 1. The van der Waals surface area contributed by atoms with E-state index < -0.39 is 11.2 Å². The van der Waals surface area contributed by atoms with Crippen molar-refractivity contribution in [2.45, 2.75) is 38.9 Å². The van der Waals surface area contributed by atoms with Crippen LogP contribution in [0.3, 0.4) is 0 Å². The molecule has 0 aliphatic heterocycles. The number of nitrogen functional groups attached to an aromatic ring is 1. The standard InChI is InChI=1S/C23H26N8O3S/c1-4-10-29(17(32)13-35-23-28-27-21-25-14(2)11-15(3)31(21)23)18-19(24)30(22(34)26-20(18)33)12-16-8-6-5-7-9-16/h5-9,11H,4,10,12-13,24H2,1-3H3,(H,26,33,34). The monoisotopic (exact) mass is 494 g/mol. The Kier molecular flexibility index (Phi) is 7.01. The quantitative estimate of drug-likeness (QED) is 0.353. The van der Waals surface area contributed by atoms with Crippen LogP contribution in [0.15, 0.2) is 51.1 Å². The zero-order valence-corrected chi connectivity index (χ0v) is 20.5. The fourth-order valence-electron chi connectivity index (χ4n) is 3.84. The van der Waals surface area contributed by atoms with E-state index >= 15 is 0 Å². The largest absolute Gasteiger partial charge is 0.383 e. The van der Waals surface area contributed by atoms with Crippen molar-refractivity contribution in [2.24, 2.45) is 0 Å². The number of rotatable bonds is 8. The molecule has 4 rings (SSSR count). The third kappa shape index (κ3) is 4.97. The molecule has 0 aliphatic carbocycles. The normalized spacial score (nSPS) is 11.2. The van der Waals surface area contributed by atoms with Crippen molar-refractivity contribution in [1.82, 2.24) is 29.1 Å². The Morgan fingerprint density at radius 1 is 1.17 bits per heavy atom. The molecule has 0 aliphatic rings. The molecule has 1 aromatic carbocycles. The van der Waals surface area contributed by atoms with E-state index in [-0.39, 0.29) is 36.3 Å². The zero-order chi connectivity index (χ0) is 25.1. The molecular weight excluding hydrogens is 468 g/mol. The van der Waals surface area contributed by atoms with E-state index in [2.05, 4.69) is 20.2 Å². The first kappa shape index (κ1) is 24.2. The highest BCUT2D eigenvalue weighted by Crippen LogP contribution is 2.23. The first-order valence-corrected chi connectivity index (χ1v) is 12.1. The van der Waals surface area contributed by atoms with Crippen molar-refractivity contribution in [1.29, 1.82) is 0 Å². The van der Waals surface area contributed by atoms with Gasteiger partial charge in [-0.25, -0.2) is 9.78 Å². The Balaban J connectivity index is 1.64. The summed E-state index contributed by atoms with van der Waals surface area (Å²) in [5.74, 6) is 0.0490. The van der Waals surface area contributed by atoms with Gasteiger partial charge in [0.15, 0.2) is 10.8 Å². The van der Waals surface area contributed by atoms with Crippen LogP contribution >= 0.6 is 11.8 Å². The number of hydrogen-bond donors (Lipinski definition) is 2. The van der Waals surface area contributed by atoms with Gasteiger partial charge in [-0.1, -0.05) is 49.0 Å². The number of thioether (sulfide) groups is 1. The lowest BCUT2D eigenvalue weighted by Crippen LogP contribution is -2.42. The van der Waals surface area contributed by atoms with E-state index in [1.165, 1.54) is 21.2 Å². The molecule has 35 heavy (non-hydrogen) atoms. The number of hydrogen-bond acceptors (Lipinski definition) is 8. The van der Waals surface area contributed by atoms with Crippen LogP contribution in [0.2, 0.25) is 0 Å². The van der Waals surface area contributed by atoms with Gasteiger partial charge in [0.25, 0.3) is 11.3 Å². The summed E-state index contributed by atoms with van der Waals surface area (Å²) in [5, 5.41) is 8.77. The minimum absolute atomic E-state index is 0.00913. The summed E-state index contributed by atoms with van der Waals surface area (Å²) < 4.78 is 3.04. The summed E-state index contributed by atoms with van der Waals surface area (Å²) >= 11 is 1.19. The number of anilines is 2. The maximum Gasteiger partial charge on any atom is 0.330 e. The number of aryl methyl sites for hydroxylation is 2. The molecule has 0 atom stereocenters. The molecule has 12 heteroatoms. The molecule has 0 unspecified atom stereocenters. The predicted octanol–water partition coefficient (Wildman–Crippen LogP) is 1.76. The highest BCUT2D eigenvalue weighted by Gasteiger charge is 2.24. The molecule has 3 aromatic heterocycles. The maximum atomic E-state index is 13.3. The average molecular weight is 495 g/mol. The van der Waals surface area contributed by atoms with Crippen LogP contribution in [-0.4, -0.2) is 47.3 Å². The van der Waals surface area contributed by atoms with Gasteiger partial charge >= 0.3 is 5.69 Å². The van der Waals surface area contributed by atoms with Crippen molar-refractivity contribution in [2.75, 3.05) is 22.9 Å². The molecule has 0 fully saturated rings. The molecule has 11 nitrogen and oxygen atoms in total. The first-order chi connectivity index (χ1) is 16.8. The molecule has 4 aromatic rings. The Morgan fingerprint density at radius 2 is 1.91 bits per heavy atom. The molecular formula is C23H26N8O3S. The Morgan fingerprint density at radius 3 is 2.63 bits per heavy atom. The number of aromatic amines is 1. The number of H-pyrrole nitrogens is 1. The van der Waals surface area contributed by atoms with Gasteiger partial charge in [0.05, 0.1) is 12.3 Å². The van der Waals surface area contributed by atoms with E-state index in [1.54, 1.807) is 4.40 Å². The topological polar surface area (TPSA) is 144 Å². The average Bonchev–Trinajstić information content (AvgIpc) is 3.23. The Labute approximate surface area is 205 Å². The molecule has 0 spiro atoms. The molecule has 1 amide bonds. The molecule has 0 bridgehead atoms. The van der Waals surface area contributed by atoms with Crippen molar-refractivity contribution >= 4 is 35.0 Å². The number of nitrogens with zero attached hydrogens (tertiary/aromatic N) is 6. The van der Waals surface area contributed by atoms with Gasteiger partial charge in [-0.3, -0.25) is 23.5 Å². The second-order valence-corrected chi connectivity index (χ2v) is 9.00. The first-order valence-electron chi connectivity index (χ1n) is 11.1. The fourth-order valence-corrected chi connectivity index (χ4v) is 4.71. The van der Waals surface area contributed by atoms with Crippen LogP contribution in [0.25, 0.3) is 5.78 Å². The zero-order valence-electron chi connectivity index (χ0n) is 19.7. The molecule has 0 saturated heterocycles. The van der Waals surface area contributed by atoms with E-state index in [0.717, 1.165) is 17.0 Å². The van der Waals surface area contributed by atoms with Gasteiger partial charge in [0.1, 0.15) is 5.82 Å². The number of carbonyl (C=O) groups is 1. The van der Waals surface area contributed by atoms with Crippen LogP contribution in [0.1, 0.15) is 30.3 Å². The Hall–Kier alpha value is -3.93. The van der Waals surface area contributed by atoms with Crippen molar-refractivity contribution in [3.05, 3.63) is 74.2 Å². The van der Waals surface area contributed by atoms with Crippen LogP contribution in [0, 0.1) is 13.8 Å². The fraction of sp³-hybridized carbons (Fsp3) is 0.304. The second kappa shape index (κ2) is 10.1. The van der Waals surface area contributed by atoms with Crippen LogP contribution in [-0.2, 0) is 11.3 Å². The second-order valence-electron chi connectivity index (χ2n) is 8.06. The van der Waals surface area contributed by atoms with Crippen molar-refractivity contribution in [3.8, 4) is 0 Å². The predicted molar refractivity (Wildman–Crippen MR) is 135 cm³/mol. The molecule has 3 heterocycles.